The van der Waals surface area contributed by atoms with Crippen LogP contribution >= 0.6 is 0 Å². The number of fused-ring (bicyclic) bond motifs is 1. The summed E-state index contributed by atoms with van der Waals surface area (Å²) in [6.45, 7) is 2.03. The Balaban J connectivity index is 1.77. The first kappa shape index (κ1) is 14.8. The molecule has 1 saturated carbocycles. The zero-order valence-electron chi connectivity index (χ0n) is 12.3. The molecule has 1 aliphatic carbocycles. The summed E-state index contributed by atoms with van der Waals surface area (Å²) in [6.07, 6.45) is 3.63. The van der Waals surface area contributed by atoms with Crippen molar-refractivity contribution in [2.45, 2.75) is 30.2 Å². The summed E-state index contributed by atoms with van der Waals surface area (Å²) in [4.78, 5) is 2.65. The predicted molar refractivity (Wildman–Crippen MR) is 83.7 cm³/mol. The van der Waals surface area contributed by atoms with Crippen molar-refractivity contribution in [3.05, 3.63) is 24.3 Å². The number of anilines is 1. The lowest BCUT2D eigenvalue weighted by molar-refractivity contribution is 0.260. The number of hydrogen-bond acceptors (Lipinski definition) is 4. The maximum absolute atomic E-state index is 11.7. The number of rotatable bonds is 3. The summed E-state index contributed by atoms with van der Waals surface area (Å²) in [5, 5.41) is 0. The molecule has 3 unspecified atom stereocenters. The molecule has 0 aromatic heterocycles. The van der Waals surface area contributed by atoms with Crippen molar-refractivity contribution in [2.24, 2.45) is 17.6 Å². The molecule has 21 heavy (non-hydrogen) atoms. The molecule has 1 saturated heterocycles. The minimum absolute atomic E-state index is 0.307. The van der Waals surface area contributed by atoms with Gasteiger partial charge in [0.05, 0.1) is 4.90 Å². The fraction of sp³-hybridized carbons (Fsp3) is 0.600. The molecule has 3 N–H and O–H groups in total. The van der Waals surface area contributed by atoms with Crippen LogP contribution in [-0.4, -0.2) is 34.6 Å². The number of nitrogens with two attached hydrogens (primary N) is 1. The summed E-state index contributed by atoms with van der Waals surface area (Å²) >= 11 is 0. The first-order valence-corrected chi connectivity index (χ1v) is 9.04. The van der Waals surface area contributed by atoms with E-state index in [-0.39, 0.29) is 0 Å². The zero-order chi connectivity index (χ0) is 15.0. The number of nitrogens with one attached hydrogen (secondary N) is 1. The maximum Gasteiger partial charge on any atom is 0.240 e. The van der Waals surface area contributed by atoms with Gasteiger partial charge in [-0.3, -0.25) is 0 Å². The third-order valence-electron chi connectivity index (χ3n) is 4.93. The van der Waals surface area contributed by atoms with Crippen LogP contribution in [0.5, 0.6) is 0 Å². The molecule has 2 aliphatic rings. The Bertz CT molecular complexity index is 600. The lowest BCUT2D eigenvalue weighted by Gasteiger charge is -2.29. The second-order valence-corrected chi connectivity index (χ2v) is 8.01. The molecular weight excluding hydrogens is 286 g/mol. The third-order valence-corrected chi connectivity index (χ3v) is 6.37. The van der Waals surface area contributed by atoms with Gasteiger partial charge < -0.3 is 10.6 Å². The van der Waals surface area contributed by atoms with E-state index in [0.29, 0.717) is 22.8 Å². The van der Waals surface area contributed by atoms with Crippen LogP contribution in [0.25, 0.3) is 0 Å². The van der Waals surface area contributed by atoms with E-state index in [1.54, 1.807) is 12.1 Å². The van der Waals surface area contributed by atoms with Gasteiger partial charge in [0.2, 0.25) is 10.0 Å². The zero-order valence-corrected chi connectivity index (χ0v) is 13.1. The van der Waals surface area contributed by atoms with Gasteiger partial charge in [-0.2, -0.15) is 0 Å². The Hall–Kier alpha value is -1.11. The topological polar surface area (TPSA) is 75.4 Å². The van der Waals surface area contributed by atoms with E-state index in [4.69, 9.17) is 5.73 Å². The Kier molecular flexibility index (Phi) is 3.94. The van der Waals surface area contributed by atoms with Gasteiger partial charge in [-0.1, -0.05) is 6.42 Å². The van der Waals surface area contributed by atoms with Gasteiger partial charge in [0.1, 0.15) is 0 Å². The third kappa shape index (κ3) is 2.80. The minimum atomic E-state index is -3.36. The highest BCUT2D eigenvalue weighted by molar-refractivity contribution is 7.89. The lowest BCUT2D eigenvalue weighted by atomic mass is 9.78. The van der Waals surface area contributed by atoms with Crippen LogP contribution < -0.4 is 15.4 Å². The van der Waals surface area contributed by atoms with Crippen LogP contribution in [0.3, 0.4) is 0 Å². The Morgan fingerprint density at radius 2 is 1.90 bits per heavy atom. The van der Waals surface area contributed by atoms with Crippen LogP contribution in [0.2, 0.25) is 0 Å². The molecule has 3 rings (SSSR count). The fourth-order valence-corrected chi connectivity index (χ4v) is 4.41. The Morgan fingerprint density at radius 3 is 2.52 bits per heavy atom. The maximum atomic E-state index is 11.7. The molecule has 1 aromatic carbocycles. The molecule has 0 spiro atoms. The summed E-state index contributed by atoms with van der Waals surface area (Å²) in [5.74, 6) is 1.27. The summed E-state index contributed by atoms with van der Waals surface area (Å²) in [6, 6.07) is 7.45. The molecule has 116 valence electrons. The molecule has 0 bridgehead atoms. The van der Waals surface area contributed by atoms with Crippen LogP contribution in [-0.2, 0) is 10.0 Å². The van der Waals surface area contributed by atoms with Gasteiger partial charge in [0.25, 0.3) is 0 Å². The first-order chi connectivity index (χ1) is 10.0. The molecule has 0 radical (unpaired) electrons. The van der Waals surface area contributed by atoms with Crippen molar-refractivity contribution in [3.63, 3.8) is 0 Å². The SMILES string of the molecule is CNS(=O)(=O)c1ccc(N2CC3CCCC(N)C3C2)cc1. The average Bonchev–Trinajstić information content (AvgIpc) is 2.93. The smallest absolute Gasteiger partial charge is 0.240 e. The van der Waals surface area contributed by atoms with Crippen molar-refractivity contribution in [2.75, 3.05) is 25.0 Å². The van der Waals surface area contributed by atoms with Crippen LogP contribution in [0.4, 0.5) is 5.69 Å². The summed E-state index contributed by atoms with van der Waals surface area (Å²) in [5.41, 5.74) is 7.33. The van der Waals surface area contributed by atoms with Crippen LogP contribution in [0.15, 0.2) is 29.2 Å². The van der Waals surface area contributed by atoms with Crippen molar-refractivity contribution in [3.8, 4) is 0 Å². The lowest BCUT2D eigenvalue weighted by Crippen LogP contribution is -2.38. The number of hydrogen-bond donors (Lipinski definition) is 2. The Morgan fingerprint density at radius 1 is 1.19 bits per heavy atom. The van der Waals surface area contributed by atoms with Gasteiger partial charge >= 0.3 is 0 Å². The highest BCUT2D eigenvalue weighted by Crippen LogP contribution is 2.37. The highest BCUT2D eigenvalue weighted by Gasteiger charge is 2.38. The second-order valence-electron chi connectivity index (χ2n) is 6.13. The van der Waals surface area contributed by atoms with Gasteiger partial charge in [-0.25, -0.2) is 13.1 Å². The normalized spacial score (nSPS) is 29.4. The van der Waals surface area contributed by atoms with E-state index in [2.05, 4.69) is 9.62 Å². The first-order valence-electron chi connectivity index (χ1n) is 7.55. The van der Waals surface area contributed by atoms with Crippen LogP contribution in [0, 0.1) is 11.8 Å². The van der Waals surface area contributed by atoms with Gasteiger partial charge in [0.15, 0.2) is 0 Å². The molecule has 0 amide bonds. The fourth-order valence-electron chi connectivity index (χ4n) is 3.68. The monoisotopic (exact) mass is 309 g/mol. The Labute approximate surface area is 126 Å². The molecule has 1 heterocycles. The van der Waals surface area contributed by atoms with E-state index in [1.165, 1.54) is 19.9 Å². The largest absolute Gasteiger partial charge is 0.371 e. The predicted octanol–water partition coefficient (Wildman–Crippen LogP) is 1.16. The van der Waals surface area contributed by atoms with E-state index in [9.17, 15) is 8.42 Å². The van der Waals surface area contributed by atoms with Crippen molar-refractivity contribution in [1.29, 1.82) is 0 Å². The van der Waals surface area contributed by atoms with Crippen molar-refractivity contribution < 1.29 is 8.42 Å². The standard InChI is InChI=1S/C15H23N3O2S/c1-17-21(19,20)13-7-5-12(6-8-13)18-9-11-3-2-4-15(16)14(11)10-18/h5-8,11,14-15,17H,2-4,9-10,16H2,1H3. The van der Waals surface area contributed by atoms with Gasteiger partial charge in [-0.05, 0) is 56.0 Å². The molecule has 5 nitrogen and oxygen atoms in total. The van der Waals surface area contributed by atoms with E-state index in [1.807, 2.05) is 12.1 Å². The molecule has 6 heteroatoms. The van der Waals surface area contributed by atoms with E-state index in [0.717, 1.165) is 25.2 Å². The molecule has 2 fully saturated rings. The second kappa shape index (κ2) is 5.59. The quantitative estimate of drug-likeness (QED) is 0.878. The number of sulfonamides is 1. The highest BCUT2D eigenvalue weighted by atomic mass is 32.2. The summed E-state index contributed by atoms with van der Waals surface area (Å²) < 4.78 is 25.8. The molecule has 1 aromatic rings. The minimum Gasteiger partial charge on any atom is -0.371 e. The van der Waals surface area contributed by atoms with Crippen molar-refractivity contribution in [1.82, 2.24) is 4.72 Å². The van der Waals surface area contributed by atoms with E-state index >= 15 is 0 Å². The number of benzene rings is 1. The van der Waals surface area contributed by atoms with E-state index < -0.39 is 10.0 Å². The van der Waals surface area contributed by atoms with Gasteiger partial charge in [-0.15, -0.1) is 0 Å². The molecule has 3 atom stereocenters. The molecular formula is C15H23N3O2S. The average molecular weight is 309 g/mol. The van der Waals surface area contributed by atoms with Crippen LogP contribution in [0.1, 0.15) is 19.3 Å². The number of nitrogens with zero attached hydrogens (tertiary/aromatic N) is 1. The summed E-state index contributed by atoms with van der Waals surface area (Å²) in [7, 11) is -1.93. The van der Waals surface area contributed by atoms with Crippen molar-refractivity contribution >= 4 is 15.7 Å². The van der Waals surface area contributed by atoms with Gasteiger partial charge in [0, 0.05) is 24.8 Å². The molecule has 1 aliphatic heterocycles.